The fourth-order valence-electron chi connectivity index (χ4n) is 3.32. The highest BCUT2D eigenvalue weighted by Crippen LogP contribution is 2.22. The van der Waals surface area contributed by atoms with E-state index in [-0.39, 0.29) is 17.9 Å². The molecule has 2 amide bonds. The van der Waals surface area contributed by atoms with Crippen molar-refractivity contribution in [3.63, 3.8) is 0 Å². The summed E-state index contributed by atoms with van der Waals surface area (Å²) in [6.45, 7) is 6.45. The second kappa shape index (κ2) is 7.25. The zero-order valence-electron chi connectivity index (χ0n) is 13.4. The summed E-state index contributed by atoms with van der Waals surface area (Å²) in [5, 5.41) is 0. The van der Waals surface area contributed by atoms with Gasteiger partial charge in [-0.05, 0) is 31.6 Å². The molecule has 0 aliphatic carbocycles. The van der Waals surface area contributed by atoms with Crippen LogP contribution in [0, 0.1) is 5.92 Å². The Balaban J connectivity index is 1.85. The van der Waals surface area contributed by atoms with Crippen molar-refractivity contribution in [2.24, 2.45) is 11.7 Å². The van der Waals surface area contributed by atoms with Gasteiger partial charge in [0, 0.05) is 32.1 Å². The van der Waals surface area contributed by atoms with E-state index in [1.165, 1.54) is 0 Å². The van der Waals surface area contributed by atoms with Crippen LogP contribution in [0.3, 0.4) is 0 Å². The van der Waals surface area contributed by atoms with Crippen molar-refractivity contribution in [2.45, 2.75) is 64.5 Å². The Morgan fingerprint density at radius 3 is 2.52 bits per heavy atom. The molecule has 0 spiro atoms. The Labute approximate surface area is 127 Å². The van der Waals surface area contributed by atoms with E-state index in [2.05, 4.69) is 6.92 Å². The van der Waals surface area contributed by atoms with E-state index in [0.717, 1.165) is 51.7 Å². The van der Waals surface area contributed by atoms with E-state index < -0.39 is 0 Å². The highest BCUT2D eigenvalue weighted by atomic mass is 16.2. The first kappa shape index (κ1) is 16.3. The van der Waals surface area contributed by atoms with Gasteiger partial charge >= 0.3 is 0 Å². The van der Waals surface area contributed by atoms with Gasteiger partial charge in [-0.15, -0.1) is 0 Å². The van der Waals surface area contributed by atoms with Crippen LogP contribution in [0.1, 0.15) is 52.4 Å². The molecule has 5 nitrogen and oxygen atoms in total. The Morgan fingerprint density at radius 1 is 1.29 bits per heavy atom. The lowest BCUT2D eigenvalue weighted by Gasteiger charge is -2.41. The lowest BCUT2D eigenvalue weighted by Crippen LogP contribution is -2.54. The van der Waals surface area contributed by atoms with Gasteiger partial charge in [-0.25, -0.2) is 0 Å². The number of likely N-dealkylation sites (tertiary alicyclic amines) is 2. The Morgan fingerprint density at radius 2 is 1.95 bits per heavy atom. The molecule has 2 fully saturated rings. The third kappa shape index (κ3) is 3.76. The molecule has 2 N–H and O–H groups in total. The van der Waals surface area contributed by atoms with Crippen molar-refractivity contribution in [2.75, 3.05) is 19.6 Å². The summed E-state index contributed by atoms with van der Waals surface area (Å²) >= 11 is 0. The standard InChI is InChI=1S/C16H29N3O2/c1-3-12(2)15(17)16(21)18-10-7-13(8-11-18)19-9-5-4-6-14(19)20/h12-13,15H,3-11,17H2,1-2H3/t12-,15+/m0/s1. The average molecular weight is 295 g/mol. The van der Waals surface area contributed by atoms with Gasteiger partial charge < -0.3 is 15.5 Å². The highest BCUT2D eigenvalue weighted by molar-refractivity contribution is 5.82. The van der Waals surface area contributed by atoms with Crippen LogP contribution in [0.25, 0.3) is 0 Å². The molecule has 2 saturated heterocycles. The molecule has 0 aromatic rings. The van der Waals surface area contributed by atoms with Crippen molar-refractivity contribution in [1.29, 1.82) is 0 Å². The van der Waals surface area contributed by atoms with E-state index >= 15 is 0 Å². The number of rotatable bonds is 4. The largest absolute Gasteiger partial charge is 0.341 e. The maximum atomic E-state index is 12.4. The minimum Gasteiger partial charge on any atom is -0.341 e. The van der Waals surface area contributed by atoms with Gasteiger partial charge in [0.05, 0.1) is 6.04 Å². The van der Waals surface area contributed by atoms with E-state index in [1.54, 1.807) is 0 Å². The molecule has 0 aromatic heterocycles. The van der Waals surface area contributed by atoms with Crippen LogP contribution in [0.2, 0.25) is 0 Å². The maximum absolute atomic E-state index is 12.4. The first-order chi connectivity index (χ1) is 10.0. The zero-order chi connectivity index (χ0) is 15.4. The first-order valence-electron chi connectivity index (χ1n) is 8.38. The number of carbonyl (C=O) groups is 2. The lowest BCUT2D eigenvalue weighted by molar-refractivity contribution is -0.139. The fourth-order valence-corrected chi connectivity index (χ4v) is 3.32. The smallest absolute Gasteiger partial charge is 0.239 e. The number of nitrogens with two attached hydrogens (primary N) is 1. The second-order valence-electron chi connectivity index (χ2n) is 6.51. The van der Waals surface area contributed by atoms with Crippen LogP contribution in [0.4, 0.5) is 0 Å². The molecule has 5 heteroatoms. The molecule has 2 aliphatic heterocycles. The summed E-state index contributed by atoms with van der Waals surface area (Å²) in [7, 11) is 0. The van der Waals surface area contributed by atoms with E-state index in [0.29, 0.717) is 18.4 Å². The maximum Gasteiger partial charge on any atom is 0.239 e. The molecule has 120 valence electrons. The van der Waals surface area contributed by atoms with E-state index in [4.69, 9.17) is 5.73 Å². The normalized spacial score (nSPS) is 24.0. The fraction of sp³-hybridized carbons (Fsp3) is 0.875. The number of carbonyl (C=O) groups excluding carboxylic acids is 2. The summed E-state index contributed by atoms with van der Waals surface area (Å²) < 4.78 is 0. The summed E-state index contributed by atoms with van der Waals surface area (Å²) in [6, 6.07) is -0.0650. The Hall–Kier alpha value is -1.10. The molecule has 0 radical (unpaired) electrons. The molecular weight excluding hydrogens is 266 g/mol. The van der Waals surface area contributed by atoms with Crippen LogP contribution in [-0.2, 0) is 9.59 Å². The first-order valence-corrected chi connectivity index (χ1v) is 8.38. The summed E-state index contributed by atoms with van der Waals surface area (Å²) in [5.74, 6) is 0.592. The SMILES string of the molecule is CC[C@H](C)[C@@H](N)C(=O)N1CCC(N2CCCCC2=O)CC1. The predicted molar refractivity (Wildman–Crippen MR) is 82.6 cm³/mol. The number of piperidine rings is 2. The van der Waals surface area contributed by atoms with E-state index in [9.17, 15) is 9.59 Å². The van der Waals surface area contributed by atoms with Gasteiger partial charge in [0.2, 0.25) is 11.8 Å². The average Bonchev–Trinajstić information content (AvgIpc) is 2.53. The summed E-state index contributed by atoms with van der Waals surface area (Å²) in [4.78, 5) is 28.3. The Kier molecular flexibility index (Phi) is 5.62. The molecule has 2 aliphatic rings. The van der Waals surface area contributed by atoms with Crippen molar-refractivity contribution >= 4 is 11.8 Å². The van der Waals surface area contributed by atoms with Crippen LogP contribution < -0.4 is 5.73 Å². The third-order valence-electron chi connectivity index (χ3n) is 5.12. The molecule has 2 heterocycles. The summed E-state index contributed by atoms with van der Waals surface area (Å²) in [6.07, 6.45) is 5.54. The van der Waals surface area contributed by atoms with Gasteiger partial charge in [-0.2, -0.15) is 0 Å². The molecule has 2 rings (SSSR count). The quantitative estimate of drug-likeness (QED) is 0.851. The van der Waals surface area contributed by atoms with Gasteiger partial charge in [-0.3, -0.25) is 9.59 Å². The van der Waals surface area contributed by atoms with E-state index in [1.807, 2.05) is 16.7 Å². The molecule has 2 atom stereocenters. The van der Waals surface area contributed by atoms with Crippen molar-refractivity contribution in [3.8, 4) is 0 Å². The minimum atomic E-state index is -0.386. The van der Waals surface area contributed by atoms with Crippen LogP contribution in [0.15, 0.2) is 0 Å². The molecule has 21 heavy (non-hydrogen) atoms. The third-order valence-corrected chi connectivity index (χ3v) is 5.12. The van der Waals surface area contributed by atoms with Gasteiger partial charge in [0.25, 0.3) is 0 Å². The van der Waals surface area contributed by atoms with Gasteiger partial charge in [0.15, 0.2) is 0 Å². The predicted octanol–water partition coefficient (Wildman–Crippen LogP) is 1.36. The molecular formula is C16H29N3O2. The molecule has 0 aromatic carbocycles. The monoisotopic (exact) mass is 295 g/mol. The van der Waals surface area contributed by atoms with Crippen molar-refractivity contribution in [3.05, 3.63) is 0 Å². The second-order valence-corrected chi connectivity index (χ2v) is 6.51. The molecule has 0 saturated carbocycles. The Bertz CT molecular complexity index is 378. The van der Waals surface area contributed by atoms with Crippen molar-refractivity contribution in [1.82, 2.24) is 9.80 Å². The van der Waals surface area contributed by atoms with Crippen LogP contribution >= 0.6 is 0 Å². The van der Waals surface area contributed by atoms with Crippen LogP contribution in [0.5, 0.6) is 0 Å². The summed E-state index contributed by atoms with van der Waals surface area (Å²) in [5.41, 5.74) is 6.05. The number of hydrogen-bond acceptors (Lipinski definition) is 3. The van der Waals surface area contributed by atoms with Crippen molar-refractivity contribution < 1.29 is 9.59 Å². The lowest BCUT2D eigenvalue weighted by atomic mass is 9.96. The number of amides is 2. The van der Waals surface area contributed by atoms with Gasteiger partial charge in [0.1, 0.15) is 0 Å². The topological polar surface area (TPSA) is 66.6 Å². The number of hydrogen-bond donors (Lipinski definition) is 1. The highest BCUT2D eigenvalue weighted by Gasteiger charge is 2.32. The number of nitrogens with zero attached hydrogens (tertiary/aromatic N) is 2. The van der Waals surface area contributed by atoms with Crippen LogP contribution in [-0.4, -0.2) is 53.3 Å². The minimum absolute atomic E-state index is 0.0766. The molecule has 0 unspecified atom stereocenters. The zero-order valence-corrected chi connectivity index (χ0v) is 13.4. The van der Waals surface area contributed by atoms with Gasteiger partial charge in [-0.1, -0.05) is 20.3 Å². The molecule has 0 bridgehead atoms.